The zero-order valence-corrected chi connectivity index (χ0v) is 20.3. The van der Waals surface area contributed by atoms with Crippen LogP contribution in [0, 0.1) is 0 Å². The number of halogens is 1. The third-order valence-electron chi connectivity index (χ3n) is 6.30. The fourth-order valence-electron chi connectivity index (χ4n) is 4.51. The quantitative estimate of drug-likeness (QED) is 0.276. The summed E-state index contributed by atoms with van der Waals surface area (Å²) in [5, 5.41) is 8.19. The van der Waals surface area contributed by atoms with Crippen molar-refractivity contribution in [3.05, 3.63) is 100 Å². The molecule has 0 radical (unpaired) electrons. The van der Waals surface area contributed by atoms with E-state index in [0.29, 0.717) is 23.9 Å². The molecule has 0 saturated carbocycles. The summed E-state index contributed by atoms with van der Waals surface area (Å²) in [5.74, 6) is 0.759. The van der Waals surface area contributed by atoms with Gasteiger partial charge in [0.2, 0.25) is 0 Å². The molecule has 0 bridgehead atoms. The molecule has 2 aromatic heterocycles. The number of benzene rings is 2. The first-order valence-electron chi connectivity index (χ1n) is 11.9. The van der Waals surface area contributed by atoms with Crippen LogP contribution < -0.4 is 4.74 Å². The number of hydrogen-bond donors (Lipinski definition) is 1. The van der Waals surface area contributed by atoms with Crippen LogP contribution in [-0.4, -0.2) is 32.6 Å². The lowest BCUT2D eigenvalue weighted by Gasteiger charge is -2.26. The molecule has 0 saturated heterocycles. The highest BCUT2D eigenvalue weighted by atomic mass is 35.5. The van der Waals surface area contributed by atoms with Gasteiger partial charge in [-0.05, 0) is 53.9 Å². The molecule has 5 rings (SSSR count). The van der Waals surface area contributed by atoms with Crippen LogP contribution in [0.15, 0.2) is 73.1 Å². The number of unbranched alkanes of at least 4 members (excludes halogenated alkanes) is 2. The molecule has 7 heteroatoms. The van der Waals surface area contributed by atoms with Gasteiger partial charge in [0.05, 0.1) is 18.3 Å². The molecular weight excluding hydrogens is 460 g/mol. The van der Waals surface area contributed by atoms with Gasteiger partial charge in [0, 0.05) is 35.1 Å². The van der Waals surface area contributed by atoms with Crippen molar-refractivity contribution in [2.45, 2.75) is 38.8 Å². The maximum atomic E-state index is 13.5. The Morgan fingerprint density at radius 3 is 2.46 bits per heavy atom. The minimum Gasteiger partial charge on any atom is -0.494 e. The molecule has 4 aromatic rings. The lowest BCUT2D eigenvalue weighted by Crippen LogP contribution is -2.29. The Hall–Kier alpha value is -3.64. The van der Waals surface area contributed by atoms with Crippen molar-refractivity contribution in [3.63, 3.8) is 0 Å². The van der Waals surface area contributed by atoms with Crippen LogP contribution in [0.5, 0.6) is 5.75 Å². The van der Waals surface area contributed by atoms with Crippen molar-refractivity contribution >= 4 is 17.5 Å². The van der Waals surface area contributed by atoms with Crippen molar-refractivity contribution in [3.8, 4) is 17.0 Å². The van der Waals surface area contributed by atoms with Gasteiger partial charge in [-0.25, -0.2) is 0 Å². The zero-order valence-electron chi connectivity index (χ0n) is 19.6. The third kappa shape index (κ3) is 4.80. The van der Waals surface area contributed by atoms with Crippen molar-refractivity contribution in [1.29, 1.82) is 0 Å². The highest BCUT2D eigenvalue weighted by Gasteiger charge is 2.42. The smallest absolute Gasteiger partial charge is 0.273 e. The van der Waals surface area contributed by atoms with E-state index >= 15 is 0 Å². The molecule has 3 heterocycles. The highest BCUT2D eigenvalue weighted by Crippen LogP contribution is 2.43. The summed E-state index contributed by atoms with van der Waals surface area (Å²) in [7, 11) is 0. The second-order valence-electron chi connectivity index (χ2n) is 8.68. The number of aromatic amines is 1. The fourth-order valence-corrected chi connectivity index (χ4v) is 4.63. The molecular formula is C28H27ClN4O2. The number of amides is 1. The van der Waals surface area contributed by atoms with Gasteiger partial charge < -0.3 is 9.64 Å². The lowest BCUT2D eigenvalue weighted by atomic mass is 9.96. The van der Waals surface area contributed by atoms with E-state index in [1.165, 1.54) is 0 Å². The van der Waals surface area contributed by atoms with Crippen molar-refractivity contribution < 1.29 is 9.53 Å². The van der Waals surface area contributed by atoms with Gasteiger partial charge in [-0.15, -0.1) is 0 Å². The van der Waals surface area contributed by atoms with Crippen molar-refractivity contribution in [2.24, 2.45) is 0 Å². The molecule has 1 N–H and O–H groups in total. The fraction of sp³-hybridized carbons (Fsp3) is 0.250. The van der Waals surface area contributed by atoms with Crippen LogP contribution in [0.2, 0.25) is 5.02 Å². The Kier molecular flexibility index (Phi) is 6.82. The molecule has 2 aromatic carbocycles. The second-order valence-corrected chi connectivity index (χ2v) is 9.12. The Balaban J connectivity index is 1.51. The second kappa shape index (κ2) is 10.3. The van der Waals surface area contributed by atoms with Crippen LogP contribution in [0.4, 0.5) is 0 Å². The molecule has 1 aliphatic rings. The van der Waals surface area contributed by atoms with Crippen LogP contribution in [0.25, 0.3) is 11.3 Å². The van der Waals surface area contributed by atoms with Crippen LogP contribution >= 0.6 is 11.6 Å². The molecule has 178 valence electrons. The van der Waals surface area contributed by atoms with Crippen LogP contribution in [0.3, 0.4) is 0 Å². The number of fused-ring (bicyclic) bond motifs is 1. The van der Waals surface area contributed by atoms with Gasteiger partial charge in [-0.1, -0.05) is 55.6 Å². The maximum absolute atomic E-state index is 13.5. The van der Waals surface area contributed by atoms with Crippen molar-refractivity contribution in [2.75, 3.05) is 6.61 Å². The largest absolute Gasteiger partial charge is 0.494 e. The molecule has 0 fully saturated rings. The molecule has 0 aliphatic carbocycles. The van der Waals surface area contributed by atoms with E-state index < -0.39 is 0 Å². The van der Waals surface area contributed by atoms with E-state index in [4.69, 9.17) is 16.3 Å². The predicted octanol–water partition coefficient (Wildman–Crippen LogP) is 6.44. The van der Waals surface area contributed by atoms with Crippen LogP contribution in [-0.2, 0) is 6.54 Å². The third-order valence-corrected chi connectivity index (χ3v) is 6.55. The van der Waals surface area contributed by atoms with Crippen LogP contribution in [0.1, 0.15) is 59.4 Å². The number of carbonyl (C=O) groups excluding carboxylic acids is 1. The van der Waals surface area contributed by atoms with E-state index in [2.05, 4.69) is 22.1 Å². The predicted molar refractivity (Wildman–Crippen MR) is 136 cm³/mol. The summed E-state index contributed by atoms with van der Waals surface area (Å²) in [6.45, 7) is 3.34. The molecule has 1 amide bonds. The van der Waals surface area contributed by atoms with Gasteiger partial charge in [0.15, 0.2) is 0 Å². The maximum Gasteiger partial charge on any atom is 0.273 e. The van der Waals surface area contributed by atoms with Gasteiger partial charge in [-0.2, -0.15) is 5.10 Å². The van der Waals surface area contributed by atoms with E-state index in [0.717, 1.165) is 53.0 Å². The Bertz CT molecular complexity index is 1290. The van der Waals surface area contributed by atoms with Gasteiger partial charge in [0.25, 0.3) is 5.91 Å². The van der Waals surface area contributed by atoms with Gasteiger partial charge in [-0.3, -0.25) is 14.9 Å². The molecule has 1 unspecified atom stereocenters. The Morgan fingerprint density at radius 1 is 1.00 bits per heavy atom. The van der Waals surface area contributed by atoms with Crippen molar-refractivity contribution in [1.82, 2.24) is 20.1 Å². The minimum atomic E-state index is -0.288. The number of pyridine rings is 1. The number of H-pyrrole nitrogens is 1. The average molecular weight is 487 g/mol. The number of carbonyl (C=O) groups is 1. The number of ether oxygens (including phenoxy) is 1. The first kappa shape index (κ1) is 23.1. The Labute approximate surface area is 209 Å². The first-order chi connectivity index (χ1) is 17.2. The zero-order chi connectivity index (χ0) is 24.2. The SMILES string of the molecule is CCCCCOc1ccc(C2c3c(-c4ccc(Cl)cc4)n[nH]c3C(=O)N2Cc2ccncc2)cc1. The number of hydrogen-bond acceptors (Lipinski definition) is 4. The lowest BCUT2D eigenvalue weighted by molar-refractivity contribution is 0.0730. The highest BCUT2D eigenvalue weighted by molar-refractivity contribution is 6.30. The minimum absolute atomic E-state index is 0.0746. The molecule has 35 heavy (non-hydrogen) atoms. The standard InChI is InChI=1S/C28H27ClN4O2/c1-2-3-4-17-35-23-11-7-21(8-12-23)27-24-25(20-5-9-22(29)10-6-20)31-32-26(24)28(34)33(27)18-19-13-15-30-16-14-19/h5-16,27H,2-4,17-18H2,1H3,(H,31,32). The number of nitrogens with zero attached hydrogens (tertiary/aromatic N) is 3. The summed E-state index contributed by atoms with van der Waals surface area (Å²) in [6, 6.07) is 19.2. The first-order valence-corrected chi connectivity index (χ1v) is 12.3. The van der Waals surface area contributed by atoms with Gasteiger partial charge in [0.1, 0.15) is 11.4 Å². The summed E-state index contributed by atoms with van der Waals surface area (Å²) in [6.07, 6.45) is 6.85. The summed E-state index contributed by atoms with van der Waals surface area (Å²) in [4.78, 5) is 19.5. The number of aromatic nitrogens is 3. The van der Waals surface area contributed by atoms with Gasteiger partial charge >= 0.3 is 0 Å². The molecule has 0 spiro atoms. The number of nitrogens with one attached hydrogen (secondary N) is 1. The molecule has 6 nitrogen and oxygen atoms in total. The summed E-state index contributed by atoms with van der Waals surface area (Å²) < 4.78 is 5.91. The Morgan fingerprint density at radius 2 is 1.74 bits per heavy atom. The molecule has 1 aliphatic heterocycles. The topological polar surface area (TPSA) is 71.1 Å². The van der Waals surface area contributed by atoms with E-state index in [1.807, 2.05) is 65.6 Å². The number of rotatable bonds is 9. The van der Waals surface area contributed by atoms with E-state index in [9.17, 15) is 4.79 Å². The molecule has 1 atom stereocenters. The summed E-state index contributed by atoms with van der Waals surface area (Å²) >= 11 is 6.11. The summed E-state index contributed by atoms with van der Waals surface area (Å²) in [5.41, 5.74) is 5.08. The monoisotopic (exact) mass is 486 g/mol. The van der Waals surface area contributed by atoms with E-state index in [1.54, 1.807) is 12.4 Å². The average Bonchev–Trinajstić information content (AvgIpc) is 3.43. The van der Waals surface area contributed by atoms with E-state index in [-0.39, 0.29) is 11.9 Å². The normalized spacial score (nSPS) is 14.9.